The van der Waals surface area contributed by atoms with Crippen LogP contribution in [0.4, 0.5) is 0 Å². The summed E-state index contributed by atoms with van der Waals surface area (Å²) in [6.07, 6.45) is 0.539. The standard InChI is InChI=1S/C10H15NO2S/c1-13-5-4-11-8-9(12)7-10-3-2-6-14-10/h2-3,6,11H,4-5,7-8H2,1H3. The predicted octanol–water partition coefficient (Wildman–Crippen LogP) is 1.10. The Hall–Kier alpha value is -0.710. The van der Waals surface area contributed by atoms with Crippen LogP contribution in [0.5, 0.6) is 0 Å². The van der Waals surface area contributed by atoms with E-state index in [9.17, 15) is 4.79 Å². The van der Waals surface area contributed by atoms with Gasteiger partial charge in [-0.3, -0.25) is 4.79 Å². The number of rotatable bonds is 7. The third-order valence-electron chi connectivity index (χ3n) is 1.76. The van der Waals surface area contributed by atoms with E-state index in [1.807, 2.05) is 17.5 Å². The Balaban J connectivity index is 2.11. The molecule has 1 rings (SSSR count). The third kappa shape index (κ3) is 4.50. The molecule has 1 heterocycles. The normalized spacial score (nSPS) is 10.4. The van der Waals surface area contributed by atoms with Crippen molar-refractivity contribution in [1.29, 1.82) is 0 Å². The van der Waals surface area contributed by atoms with Gasteiger partial charge in [0.15, 0.2) is 5.78 Å². The molecular formula is C10H15NO2S. The maximum absolute atomic E-state index is 11.4. The Morgan fingerprint density at radius 3 is 3.14 bits per heavy atom. The molecule has 0 aromatic carbocycles. The minimum Gasteiger partial charge on any atom is -0.383 e. The van der Waals surface area contributed by atoms with E-state index < -0.39 is 0 Å². The van der Waals surface area contributed by atoms with Crippen LogP contribution in [-0.4, -0.2) is 32.6 Å². The maximum Gasteiger partial charge on any atom is 0.151 e. The summed E-state index contributed by atoms with van der Waals surface area (Å²) in [5.74, 6) is 0.226. The average molecular weight is 213 g/mol. The molecule has 0 aliphatic heterocycles. The van der Waals surface area contributed by atoms with Crippen LogP contribution in [0.2, 0.25) is 0 Å². The van der Waals surface area contributed by atoms with Crippen molar-refractivity contribution in [1.82, 2.24) is 5.32 Å². The molecule has 0 saturated carbocycles. The minimum atomic E-state index is 0.226. The summed E-state index contributed by atoms with van der Waals surface area (Å²) in [5, 5.41) is 5.02. The van der Waals surface area contributed by atoms with Gasteiger partial charge in [-0.15, -0.1) is 11.3 Å². The number of hydrogen-bond acceptors (Lipinski definition) is 4. The molecule has 0 aliphatic carbocycles. The van der Waals surface area contributed by atoms with Crippen molar-refractivity contribution in [3.05, 3.63) is 22.4 Å². The second kappa shape index (κ2) is 6.70. The summed E-state index contributed by atoms with van der Waals surface area (Å²) in [7, 11) is 1.65. The second-order valence-electron chi connectivity index (χ2n) is 2.96. The van der Waals surface area contributed by atoms with Gasteiger partial charge in [-0.25, -0.2) is 0 Å². The summed E-state index contributed by atoms with van der Waals surface area (Å²) in [5.41, 5.74) is 0. The molecule has 4 heteroatoms. The Morgan fingerprint density at radius 2 is 2.50 bits per heavy atom. The van der Waals surface area contributed by atoms with E-state index in [0.29, 0.717) is 19.6 Å². The van der Waals surface area contributed by atoms with Gasteiger partial charge in [0, 0.05) is 25.0 Å². The van der Waals surface area contributed by atoms with Crippen LogP contribution >= 0.6 is 11.3 Å². The van der Waals surface area contributed by atoms with Crippen LogP contribution in [0, 0.1) is 0 Å². The Kier molecular flexibility index (Phi) is 5.44. The fourth-order valence-corrected chi connectivity index (χ4v) is 1.81. The summed E-state index contributed by atoms with van der Waals surface area (Å²) >= 11 is 1.62. The third-order valence-corrected chi connectivity index (χ3v) is 2.63. The SMILES string of the molecule is COCCNCC(=O)Cc1cccs1. The molecule has 14 heavy (non-hydrogen) atoms. The Labute approximate surface area is 88.1 Å². The van der Waals surface area contributed by atoms with E-state index in [-0.39, 0.29) is 5.78 Å². The molecule has 0 aliphatic rings. The molecule has 1 aromatic rings. The minimum absolute atomic E-state index is 0.226. The summed E-state index contributed by atoms with van der Waals surface area (Å²) < 4.78 is 4.86. The van der Waals surface area contributed by atoms with E-state index >= 15 is 0 Å². The lowest BCUT2D eigenvalue weighted by Gasteiger charge is -2.01. The highest BCUT2D eigenvalue weighted by Crippen LogP contribution is 2.08. The van der Waals surface area contributed by atoms with E-state index in [4.69, 9.17) is 4.74 Å². The topological polar surface area (TPSA) is 38.3 Å². The summed E-state index contributed by atoms with van der Waals surface area (Å²) in [6, 6.07) is 3.95. The zero-order chi connectivity index (χ0) is 10.2. The number of methoxy groups -OCH3 is 1. The van der Waals surface area contributed by atoms with Gasteiger partial charge in [0.2, 0.25) is 0 Å². The predicted molar refractivity (Wildman–Crippen MR) is 57.8 cm³/mol. The van der Waals surface area contributed by atoms with E-state index in [1.165, 1.54) is 0 Å². The van der Waals surface area contributed by atoms with Gasteiger partial charge in [-0.1, -0.05) is 6.07 Å². The number of carbonyl (C=O) groups is 1. The van der Waals surface area contributed by atoms with E-state index in [1.54, 1.807) is 18.4 Å². The first kappa shape index (κ1) is 11.4. The lowest BCUT2D eigenvalue weighted by Crippen LogP contribution is -2.27. The number of Topliss-reactive ketones (excluding diaryl/α,β-unsaturated/α-hetero) is 1. The molecule has 0 bridgehead atoms. The van der Waals surface area contributed by atoms with Gasteiger partial charge < -0.3 is 10.1 Å². The first-order chi connectivity index (χ1) is 6.83. The number of ketones is 1. The fraction of sp³-hybridized carbons (Fsp3) is 0.500. The molecule has 0 atom stereocenters. The number of nitrogens with one attached hydrogen (secondary N) is 1. The summed E-state index contributed by atoms with van der Waals surface area (Å²) in [4.78, 5) is 12.5. The molecule has 1 aromatic heterocycles. The average Bonchev–Trinajstić information content (AvgIpc) is 2.65. The Morgan fingerprint density at radius 1 is 1.64 bits per heavy atom. The van der Waals surface area contributed by atoms with Gasteiger partial charge in [0.05, 0.1) is 13.2 Å². The number of thiophene rings is 1. The lowest BCUT2D eigenvalue weighted by molar-refractivity contribution is -0.117. The van der Waals surface area contributed by atoms with Crippen molar-refractivity contribution in [2.24, 2.45) is 0 Å². The van der Waals surface area contributed by atoms with Crippen LogP contribution in [0.25, 0.3) is 0 Å². The van der Waals surface area contributed by atoms with Crippen LogP contribution in [0.1, 0.15) is 4.88 Å². The highest BCUT2D eigenvalue weighted by atomic mass is 32.1. The highest BCUT2D eigenvalue weighted by Gasteiger charge is 2.03. The quantitative estimate of drug-likeness (QED) is 0.689. The number of carbonyl (C=O) groups excluding carboxylic acids is 1. The van der Waals surface area contributed by atoms with Crippen molar-refractivity contribution in [3.8, 4) is 0 Å². The zero-order valence-electron chi connectivity index (χ0n) is 8.29. The van der Waals surface area contributed by atoms with Crippen LogP contribution in [0.15, 0.2) is 17.5 Å². The first-order valence-corrected chi connectivity index (χ1v) is 5.44. The smallest absolute Gasteiger partial charge is 0.151 e. The molecule has 0 spiro atoms. The van der Waals surface area contributed by atoms with E-state index in [2.05, 4.69) is 5.32 Å². The van der Waals surface area contributed by atoms with Crippen LogP contribution in [-0.2, 0) is 16.0 Å². The van der Waals surface area contributed by atoms with Crippen molar-refractivity contribution in [2.75, 3.05) is 26.8 Å². The van der Waals surface area contributed by atoms with Crippen molar-refractivity contribution < 1.29 is 9.53 Å². The fourth-order valence-electron chi connectivity index (χ4n) is 1.07. The van der Waals surface area contributed by atoms with Crippen molar-refractivity contribution in [2.45, 2.75) is 6.42 Å². The number of hydrogen-bond donors (Lipinski definition) is 1. The van der Waals surface area contributed by atoms with Gasteiger partial charge in [-0.2, -0.15) is 0 Å². The molecule has 78 valence electrons. The van der Waals surface area contributed by atoms with Gasteiger partial charge in [0.25, 0.3) is 0 Å². The maximum atomic E-state index is 11.4. The van der Waals surface area contributed by atoms with Gasteiger partial charge >= 0.3 is 0 Å². The van der Waals surface area contributed by atoms with Crippen LogP contribution < -0.4 is 5.32 Å². The molecule has 1 N–H and O–H groups in total. The molecular weight excluding hydrogens is 198 g/mol. The molecule has 3 nitrogen and oxygen atoms in total. The molecule has 0 radical (unpaired) electrons. The zero-order valence-corrected chi connectivity index (χ0v) is 9.10. The molecule has 0 saturated heterocycles. The van der Waals surface area contributed by atoms with Crippen LogP contribution in [0.3, 0.4) is 0 Å². The highest BCUT2D eigenvalue weighted by molar-refractivity contribution is 7.10. The monoisotopic (exact) mass is 213 g/mol. The van der Waals surface area contributed by atoms with Gasteiger partial charge in [0.1, 0.15) is 0 Å². The van der Waals surface area contributed by atoms with Crippen molar-refractivity contribution in [3.63, 3.8) is 0 Å². The summed E-state index contributed by atoms with van der Waals surface area (Å²) in [6.45, 7) is 1.81. The molecule has 0 fully saturated rings. The largest absolute Gasteiger partial charge is 0.383 e. The lowest BCUT2D eigenvalue weighted by atomic mass is 10.2. The Bertz CT molecular complexity index is 259. The molecule has 0 unspecified atom stereocenters. The first-order valence-electron chi connectivity index (χ1n) is 4.56. The second-order valence-corrected chi connectivity index (χ2v) is 4.00. The van der Waals surface area contributed by atoms with Crippen molar-refractivity contribution >= 4 is 17.1 Å². The van der Waals surface area contributed by atoms with Gasteiger partial charge in [-0.05, 0) is 11.4 Å². The van der Waals surface area contributed by atoms with E-state index in [0.717, 1.165) is 11.4 Å². The molecule has 0 amide bonds. The number of ether oxygens (including phenoxy) is 1.